The lowest BCUT2D eigenvalue weighted by molar-refractivity contribution is -0.119. The van der Waals surface area contributed by atoms with E-state index >= 15 is 0 Å². The molecule has 0 saturated heterocycles. The summed E-state index contributed by atoms with van der Waals surface area (Å²) in [6.07, 6.45) is 1.29. The minimum absolute atomic E-state index is 0.0214. The Kier molecular flexibility index (Phi) is 9.03. The highest BCUT2D eigenvalue weighted by atomic mass is 35.5. The molecule has 4 rings (SSSR count). The molecule has 0 bridgehead atoms. The number of nitrogens with zero attached hydrogens (tertiary/aromatic N) is 2. The van der Waals surface area contributed by atoms with Crippen molar-refractivity contribution in [3.8, 4) is 22.8 Å². The molecule has 0 aliphatic heterocycles. The van der Waals surface area contributed by atoms with Crippen LogP contribution in [0.1, 0.15) is 11.3 Å². The summed E-state index contributed by atoms with van der Waals surface area (Å²) in [4.78, 5) is 12.9. The summed E-state index contributed by atoms with van der Waals surface area (Å²) in [5.41, 5.74) is 4.08. The molecule has 0 saturated carbocycles. The number of halogens is 2. The maximum absolute atomic E-state index is 13.6. The van der Waals surface area contributed by atoms with Gasteiger partial charge in [-0.05, 0) is 61.5 Å². The summed E-state index contributed by atoms with van der Waals surface area (Å²) in [5.74, 6) is 0.848. The highest BCUT2D eigenvalue weighted by Crippen LogP contribution is 2.34. The Labute approximate surface area is 242 Å². The third-order valence-corrected chi connectivity index (χ3v) is 8.09. The average molecular weight is 602 g/mol. The zero-order valence-electron chi connectivity index (χ0n) is 21.7. The number of anilines is 1. The summed E-state index contributed by atoms with van der Waals surface area (Å²) in [7, 11) is -1.24. The van der Waals surface area contributed by atoms with E-state index in [0.29, 0.717) is 38.6 Å². The summed E-state index contributed by atoms with van der Waals surface area (Å²) >= 11 is 12.2. The van der Waals surface area contributed by atoms with Crippen molar-refractivity contribution in [2.75, 3.05) is 25.1 Å². The fourth-order valence-corrected chi connectivity index (χ4v) is 5.64. The van der Waals surface area contributed by atoms with Gasteiger partial charge in [0.05, 0.1) is 36.0 Å². The second-order valence-corrected chi connectivity index (χ2v) is 11.2. The zero-order chi connectivity index (χ0) is 28.9. The lowest BCUT2D eigenvalue weighted by Crippen LogP contribution is -2.39. The zero-order valence-corrected chi connectivity index (χ0v) is 24.0. The van der Waals surface area contributed by atoms with E-state index < -0.39 is 22.5 Å². The molecule has 0 spiro atoms. The molecule has 1 heterocycles. The Bertz CT molecular complexity index is 1650. The summed E-state index contributed by atoms with van der Waals surface area (Å²) in [6.45, 7) is 1.28. The maximum atomic E-state index is 13.6. The largest absolute Gasteiger partial charge is 0.493 e. The molecule has 0 aliphatic carbocycles. The van der Waals surface area contributed by atoms with Crippen molar-refractivity contribution in [3.63, 3.8) is 0 Å². The van der Waals surface area contributed by atoms with E-state index in [1.165, 1.54) is 44.7 Å². The van der Waals surface area contributed by atoms with E-state index in [1.54, 1.807) is 48.5 Å². The van der Waals surface area contributed by atoms with Gasteiger partial charge >= 0.3 is 0 Å². The fourth-order valence-electron chi connectivity index (χ4n) is 3.72. The molecule has 0 atom stereocenters. The van der Waals surface area contributed by atoms with Gasteiger partial charge in [-0.25, -0.2) is 13.8 Å². The van der Waals surface area contributed by atoms with Crippen molar-refractivity contribution >= 4 is 51.0 Å². The van der Waals surface area contributed by atoms with Crippen molar-refractivity contribution in [2.45, 2.75) is 11.8 Å². The van der Waals surface area contributed by atoms with Crippen LogP contribution >= 0.6 is 23.2 Å². The molecule has 0 radical (unpaired) electrons. The number of methoxy groups -OCH3 is 2. The SMILES string of the molecule is COc1ccc(N(CC(=O)N/N=C\c2ccc(-c3ccc(Cl)cc3Cl)o2)S(=O)(=O)c2ccc(C)cc2)cc1OC. The first-order chi connectivity index (χ1) is 19.1. The van der Waals surface area contributed by atoms with Crippen LogP contribution in [0.4, 0.5) is 5.69 Å². The second kappa shape index (κ2) is 12.5. The van der Waals surface area contributed by atoms with Crippen LogP contribution in [0.5, 0.6) is 11.5 Å². The van der Waals surface area contributed by atoms with E-state index in [-0.39, 0.29) is 10.6 Å². The number of nitrogens with one attached hydrogen (secondary N) is 1. The number of hydrogen-bond donors (Lipinski definition) is 1. The Morgan fingerprint density at radius 1 is 0.975 bits per heavy atom. The van der Waals surface area contributed by atoms with Gasteiger partial charge < -0.3 is 13.9 Å². The first-order valence-electron chi connectivity index (χ1n) is 11.8. The molecular weight excluding hydrogens is 577 g/mol. The highest BCUT2D eigenvalue weighted by Gasteiger charge is 2.28. The van der Waals surface area contributed by atoms with Crippen LogP contribution in [-0.2, 0) is 14.8 Å². The molecular formula is C28H25Cl2N3O6S. The summed E-state index contributed by atoms with van der Waals surface area (Å²) < 4.78 is 44.5. The van der Waals surface area contributed by atoms with Gasteiger partial charge in [0.15, 0.2) is 11.5 Å². The number of carbonyl (C=O) groups excluding carboxylic acids is 1. The molecule has 0 unspecified atom stereocenters. The lowest BCUT2D eigenvalue weighted by atomic mass is 10.2. The molecule has 0 aliphatic rings. The van der Waals surface area contributed by atoms with Crippen molar-refractivity contribution in [3.05, 3.63) is 94.2 Å². The van der Waals surface area contributed by atoms with E-state index in [4.69, 9.17) is 37.1 Å². The first kappa shape index (κ1) is 29.0. The summed E-state index contributed by atoms with van der Waals surface area (Å²) in [5, 5.41) is 4.84. The standard InChI is InChI=1S/C28H25Cl2N3O6S/c1-18-4-9-22(10-5-18)40(35,36)33(20-7-12-26(37-2)27(15-20)38-3)17-28(34)32-31-16-21-8-13-25(39-21)23-11-6-19(29)14-24(23)30/h4-16H,17H2,1-3H3,(H,32,34)/b31-16-. The fraction of sp³-hybridized carbons (Fsp3) is 0.143. The Morgan fingerprint density at radius 3 is 2.38 bits per heavy atom. The number of benzene rings is 3. The first-order valence-corrected chi connectivity index (χ1v) is 14.0. The number of furan rings is 1. The van der Waals surface area contributed by atoms with Crippen LogP contribution < -0.4 is 19.2 Å². The molecule has 3 aromatic carbocycles. The number of aryl methyl sites for hydroxylation is 1. The van der Waals surface area contributed by atoms with Crippen molar-refractivity contribution in [2.24, 2.45) is 5.10 Å². The Balaban J connectivity index is 1.55. The molecule has 40 heavy (non-hydrogen) atoms. The number of carbonyl (C=O) groups is 1. The normalized spacial score (nSPS) is 11.4. The molecule has 1 aromatic heterocycles. The van der Waals surface area contributed by atoms with Crippen LogP contribution in [-0.4, -0.2) is 41.3 Å². The van der Waals surface area contributed by atoms with E-state index in [1.807, 2.05) is 6.92 Å². The minimum Gasteiger partial charge on any atom is -0.493 e. The molecule has 1 N–H and O–H groups in total. The predicted molar refractivity (Wildman–Crippen MR) is 155 cm³/mol. The van der Waals surface area contributed by atoms with Crippen molar-refractivity contribution in [1.82, 2.24) is 5.43 Å². The lowest BCUT2D eigenvalue weighted by Gasteiger charge is -2.24. The van der Waals surface area contributed by atoms with Gasteiger partial charge in [-0.2, -0.15) is 5.10 Å². The van der Waals surface area contributed by atoms with Gasteiger partial charge in [0.1, 0.15) is 18.1 Å². The number of hydrogen-bond acceptors (Lipinski definition) is 7. The van der Waals surface area contributed by atoms with Crippen LogP contribution in [0.2, 0.25) is 10.0 Å². The molecule has 9 nitrogen and oxygen atoms in total. The molecule has 0 fully saturated rings. The quantitative estimate of drug-likeness (QED) is 0.178. The van der Waals surface area contributed by atoms with E-state index in [9.17, 15) is 13.2 Å². The predicted octanol–water partition coefficient (Wildman–Crippen LogP) is 5.92. The van der Waals surface area contributed by atoms with E-state index in [2.05, 4.69) is 10.5 Å². The number of hydrazone groups is 1. The van der Waals surface area contributed by atoms with Gasteiger partial charge in [-0.3, -0.25) is 9.10 Å². The molecule has 4 aromatic rings. The van der Waals surface area contributed by atoms with Crippen LogP contribution in [0.3, 0.4) is 0 Å². The topological polar surface area (TPSA) is 110 Å². The maximum Gasteiger partial charge on any atom is 0.264 e. The smallest absolute Gasteiger partial charge is 0.264 e. The van der Waals surface area contributed by atoms with Crippen LogP contribution in [0.15, 0.2) is 87.2 Å². The third-order valence-electron chi connectivity index (χ3n) is 5.76. The second-order valence-electron chi connectivity index (χ2n) is 8.48. The van der Waals surface area contributed by atoms with Gasteiger partial charge in [0.2, 0.25) is 0 Å². The van der Waals surface area contributed by atoms with Gasteiger partial charge in [-0.1, -0.05) is 40.9 Å². The van der Waals surface area contributed by atoms with Crippen molar-refractivity contribution in [1.29, 1.82) is 0 Å². The van der Waals surface area contributed by atoms with Gasteiger partial charge in [0.25, 0.3) is 15.9 Å². The van der Waals surface area contributed by atoms with E-state index in [0.717, 1.165) is 9.87 Å². The number of amides is 1. The number of sulfonamides is 1. The highest BCUT2D eigenvalue weighted by molar-refractivity contribution is 7.92. The molecule has 12 heteroatoms. The number of rotatable bonds is 10. The average Bonchev–Trinajstić information content (AvgIpc) is 3.40. The summed E-state index contributed by atoms with van der Waals surface area (Å²) in [6, 6.07) is 19.2. The molecule has 208 valence electrons. The van der Waals surface area contributed by atoms with Crippen LogP contribution in [0.25, 0.3) is 11.3 Å². The monoisotopic (exact) mass is 601 g/mol. The van der Waals surface area contributed by atoms with Gasteiger partial charge in [-0.15, -0.1) is 0 Å². The number of ether oxygens (including phenoxy) is 2. The molecule has 1 amide bonds. The Hall–Kier alpha value is -3.99. The third kappa shape index (κ3) is 6.59. The Morgan fingerprint density at radius 2 is 1.70 bits per heavy atom. The minimum atomic E-state index is -4.14. The van der Waals surface area contributed by atoms with Crippen LogP contribution in [0, 0.1) is 6.92 Å². The van der Waals surface area contributed by atoms with Crippen molar-refractivity contribution < 1.29 is 27.1 Å². The van der Waals surface area contributed by atoms with Gasteiger partial charge in [0, 0.05) is 16.7 Å².